The Labute approximate surface area is 103 Å². The van der Waals surface area contributed by atoms with E-state index in [0.717, 1.165) is 22.4 Å². The van der Waals surface area contributed by atoms with Gasteiger partial charge in [0.2, 0.25) is 0 Å². The van der Waals surface area contributed by atoms with E-state index >= 15 is 0 Å². The number of rotatable bonds is 2. The standard InChI is InChI=1S/C13H10N4O/c1-17-12-8-14-7-6-11(12)15-13(17)9-2-4-10(16-18)5-3-9/h2-8H,1H3. The predicted octanol–water partition coefficient (Wildman–Crippen LogP) is 3.03. The zero-order chi connectivity index (χ0) is 12.5. The number of aryl methyl sites for hydroxylation is 1. The van der Waals surface area contributed by atoms with Gasteiger partial charge in [-0.15, -0.1) is 4.91 Å². The normalized spacial score (nSPS) is 10.7. The minimum Gasteiger partial charge on any atom is -0.326 e. The van der Waals surface area contributed by atoms with E-state index in [-0.39, 0.29) is 0 Å². The van der Waals surface area contributed by atoms with Crippen molar-refractivity contribution in [2.45, 2.75) is 0 Å². The van der Waals surface area contributed by atoms with E-state index < -0.39 is 0 Å². The summed E-state index contributed by atoms with van der Waals surface area (Å²) in [5.41, 5.74) is 3.24. The molecule has 88 valence electrons. The minimum absolute atomic E-state index is 0.416. The van der Waals surface area contributed by atoms with Crippen LogP contribution in [0.25, 0.3) is 22.4 Å². The maximum atomic E-state index is 10.4. The van der Waals surface area contributed by atoms with Gasteiger partial charge < -0.3 is 4.57 Å². The van der Waals surface area contributed by atoms with E-state index in [2.05, 4.69) is 15.1 Å². The Bertz CT molecular complexity index is 715. The summed E-state index contributed by atoms with van der Waals surface area (Å²) in [6, 6.07) is 8.91. The minimum atomic E-state index is 0.416. The summed E-state index contributed by atoms with van der Waals surface area (Å²) in [6.07, 6.45) is 3.51. The highest BCUT2D eigenvalue weighted by molar-refractivity contribution is 5.79. The van der Waals surface area contributed by atoms with Crippen LogP contribution in [0.5, 0.6) is 0 Å². The van der Waals surface area contributed by atoms with E-state index in [4.69, 9.17) is 0 Å². The molecule has 5 nitrogen and oxygen atoms in total. The Balaban J connectivity index is 2.18. The fourth-order valence-corrected chi connectivity index (χ4v) is 1.96. The average molecular weight is 238 g/mol. The average Bonchev–Trinajstić information content (AvgIpc) is 2.77. The molecular weight excluding hydrogens is 228 g/mol. The van der Waals surface area contributed by atoms with Crippen molar-refractivity contribution in [2.75, 3.05) is 0 Å². The van der Waals surface area contributed by atoms with Gasteiger partial charge in [0.1, 0.15) is 11.5 Å². The van der Waals surface area contributed by atoms with Crippen molar-refractivity contribution < 1.29 is 0 Å². The second kappa shape index (κ2) is 4.03. The molecule has 3 aromatic rings. The molecule has 0 radical (unpaired) electrons. The lowest BCUT2D eigenvalue weighted by Gasteiger charge is -2.01. The van der Waals surface area contributed by atoms with Gasteiger partial charge in [0.25, 0.3) is 0 Å². The van der Waals surface area contributed by atoms with Gasteiger partial charge in [0.15, 0.2) is 0 Å². The number of fused-ring (bicyclic) bond motifs is 1. The highest BCUT2D eigenvalue weighted by Gasteiger charge is 2.09. The fourth-order valence-electron chi connectivity index (χ4n) is 1.96. The Morgan fingerprint density at radius 2 is 1.94 bits per heavy atom. The third kappa shape index (κ3) is 1.57. The molecule has 0 aliphatic carbocycles. The lowest BCUT2D eigenvalue weighted by atomic mass is 10.2. The largest absolute Gasteiger partial charge is 0.326 e. The molecule has 1 aromatic carbocycles. The van der Waals surface area contributed by atoms with Gasteiger partial charge in [-0.3, -0.25) is 4.98 Å². The van der Waals surface area contributed by atoms with Crippen molar-refractivity contribution in [2.24, 2.45) is 12.2 Å². The third-order valence-corrected chi connectivity index (χ3v) is 2.91. The summed E-state index contributed by atoms with van der Waals surface area (Å²) in [5, 5.41) is 2.88. The Kier molecular flexibility index (Phi) is 2.37. The molecular formula is C13H10N4O. The van der Waals surface area contributed by atoms with Crippen molar-refractivity contribution >= 4 is 16.7 Å². The molecule has 0 aliphatic rings. The van der Waals surface area contributed by atoms with Crippen molar-refractivity contribution in [1.82, 2.24) is 14.5 Å². The molecule has 2 aromatic heterocycles. The van der Waals surface area contributed by atoms with Gasteiger partial charge >= 0.3 is 0 Å². The van der Waals surface area contributed by atoms with E-state index in [1.165, 1.54) is 0 Å². The molecule has 2 heterocycles. The van der Waals surface area contributed by atoms with E-state index in [0.29, 0.717) is 5.69 Å². The van der Waals surface area contributed by atoms with Gasteiger partial charge in [0, 0.05) is 18.8 Å². The monoisotopic (exact) mass is 238 g/mol. The second-order valence-electron chi connectivity index (χ2n) is 4.00. The highest BCUT2D eigenvalue weighted by Crippen LogP contribution is 2.24. The molecule has 0 unspecified atom stereocenters. The topological polar surface area (TPSA) is 60.1 Å². The van der Waals surface area contributed by atoms with Crippen molar-refractivity contribution in [3.63, 3.8) is 0 Å². The molecule has 0 saturated carbocycles. The van der Waals surface area contributed by atoms with Crippen LogP contribution in [-0.2, 0) is 7.05 Å². The molecule has 18 heavy (non-hydrogen) atoms. The van der Waals surface area contributed by atoms with Crippen LogP contribution in [0.15, 0.2) is 47.9 Å². The third-order valence-electron chi connectivity index (χ3n) is 2.91. The quantitative estimate of drug-likeness (QED) is 0.645. The Morgan fingerprint density at radius 3 is 2.61 bits per heavy atom. The first-order valence-corrected chi connectivity index (χ1v) is 5.50. The van der Waals surface area contributed by atoms with Crippen molar-refractivity contribution in [1.29, 1.82) is 0 Å². The van der Waals surface area contributed by atoms with Crippen LogP contribution in [0.4, 0.5) is 5.69 Å². The molecule has 0 amide bonds. The molecule has 0 N–H and O–H groups in total. The lowest BCUT2D eigenvalue weighted by Crippen LogP contribution is -1.92. The number of imidazole rings is 1. The zero-order valence-corrected chi connectivity index (χ0v) is 9.74. The maximum Gasteiger partial charge on any atom is 0.140 e. The number of nitroso groups, excluding NO2 is 1. The van der Waals surface area contributed by atoms with Gasteiger partial charge in [-0.05, 0) is 35.5 Å². The van der Waals surface area contributed by atoms with Gasteiger partial charge in [0.05, 0.1) is 17.2 Å². The van der Waals surface area contributed by atoms with Crippen LogP contribution >= 0.6 is 0 Å². The van der Waals surface area contributed by atoms with E-state index in [1.54, 1.807) is 24.5 Å². The van der Waals surface area contributed by atoms with Crippen LogP contribution in [0.1, 0.15) is 0 Å². The van der Waals surface area contributed by atoms with Gasteiger partial charge in [-0.1, -0.05) is 0 Å². The van der Waals surface area contributed by atoms with Crippen molar-refractivity contribution in [3.8, 4) is 11.4 Å². The van der Waals surface area contributed by atoms with E-state index in [1.807, 2.05) is 29.8 Å². The smallest absolute Gasteiger partial charge is 0.140 e. The highest BCUT2D eigenvalue weighted by atomic mass is 16.3. The summed E-state index contributed by atoms with van der Waals surface area (Å²) in [7, 11) is 1.94. The molecule has 3 rings (SSSR count). The van der Waals surface area contributed by atoms with Crippen LogP contribution in [-0.4, -0.2) is 14.5 Å². The summed E-state index contributed by atoms with van der Waals surface area (Å²) in [5.74, 6) is 0.843. The maximum absolute atomic E-state index is 10.4. The molecule has 0 bridgehead atoms. The molecule has 0 spiro atoms. The predicted molar refractivity (Wildman–Crippen MR) is 69.4 cm³/mol. The number of hydrogen-bond acceptors (Lipinski definition) is 4. The van der Waals surface area contributed by atoms with Gasteiger partial charge in [-0.25, -0.2) is 4.98 Å². The first-order valence-electron chi connectivity index (χ1n) is 5.50. The molecule has 0 fully saturated rings. The first kappa shape index (κ1) is 10.6. The SMILES string of the molecule is Cn1c(-c2ccc(N=O)cc2)nc2ccncc21. The molecule has 5 heteroatoms. The zero-order valence-electron chi connectivity index (χ0n) is 9.74. The number of hydrogen-bond donors (Lipinski definition) is 0. The Hall–Kier alpha value is -2.56. The van der Waals surface area contributed by atoms with Crippen LogP contribution in [0, 0.1) is 4.91 Å². The molecule has 0 atom stereocenters. The van der Waals surface area contributed by atoms with Gasteiger partial charge in [-0.2, -0.15) is 0 Å². The Morgan fingerprint density at radius 1 is 1.17 bits per heavy atom. The lowest BCUT2D eigenvalue weighted by molar-refractivity contribution is 0.956. The summed E-state index contributed by atoms with van der Waals surface area (Å²) in [6.45, 7) is 0. The number of pyridine rings is 1. The molecule has 0 aliphatic heterocycles. The van der Waals surface area contributed by atoms with E-state index in [9.17, 15) is 4.91 Å². The van der Waals surface area contributed by atoms with Crippen LogP contribution in [0.2, 0.25) is 0 Å². The summed E-state index contributed by atoms with van der Waals surface area (Å²) < 4.78 is 1.98. The van der Waals surface area contributed by atoms with Crippen LogP contribution < -0.4 is 0 Å². The number of aromatic nitrogens is 3. The molecule has 0 saturated heterocycles. The fraction of sp³-hybridized carbons (Fsp3) is 0.0769. The summed E-state index contributed by atoms with van der Waals surface area (Å²) in [4.78, 5) is 19.0. The summed E-state index contributed by atoms with van der Waals surface area (Å²) >= 11 is 0. The number of benzene rings is 1. The van der Waals surface area contributed by atoms with Crippen LogP contribution in [0.3, 0.4) is 0 Å². The first-order chi connectivity index (χ1) is 8.79. The second-order valence-corrected chi connectivity index (χ2v) is 4.00. The number of nitrogens with zero attached hydrogens (tertiary/aromatic N) is 4. The van der Waals surface area contributed by atoms with Crippen molar-refractivity contribution in [3.05, 3.63) is 47.6 Å².